The van der Waals surface area contributed by atoms with Gasteiger partial charge in [-0.2, -0.15) is 57.1 Å². The quantitative estimate of drug-likeness (QED) is 0.452. The summed E-state index contributed by atoms with van der Waals surface area (Å²) in [5.41, 5.74) is -1.87. The van der Waals surface area contributed by atoms with E-state index in [4.69, 9.17) is 0 Å². The van der Waals surface area contributed by atoms with Gasteiger partial charge in [0, 0.05) is 10.4 Å². The Morgan fingerprint density at radius 2 is 1.12 bits per heavy atom. The van der Waals surface area contributed by atoms with Crippen LogP contribution < -0.4 is 0 Å². The summed E-state index contributed by atoms with van der Waals surface area (Å²) in [7, 11) is 0. The highest BCUT2D eigenvalue weighted by Crippen LogP contribution is 2.62. The van der Waals surface area contributed by atoms with E-state index in [1.807, 2.05) is 0 Å². The molecular formula is C12H7F13S. The molecular weight excluding hydrogens is 423 g/mol. The van der Waals surface area contributed by atoms with Gasteiger partial charge in [-0.1, -0.05) is 6.92 Å². The van der Waals surface area contributed by atoms with Gasteiger partial charge in [0.1, 0.15) is 0 Å². The molecule has 1 rings (SSSR count). The average Bonchev–Trinajstić information content (AvgIpc) is 2.94. The second-order valence-electron chi connectivity index (χ2n) is 4.98. The molecule has 14 heteroatoms. The number of aryl methyl sites for hydroxylation is 1. The predicted octanol–water partition coefficient (Wildman–Crippen LogP) is 6.51. The molecule has 0 aliphatic carbocycles. The van der Waals surface area contributed by atoms with Gasteiger partial charge >= 0.3 is 35.8 Å². The first-order chi connectivity index (χ1) is 11.3. The third kappa shape index (κ3) is 2.83. The van der Waals surface area contributed by atoms with Crippen molar-refractivity contribution in [3.8, 4) is 0 Å². The predicted molar refractivity (Wildman–Crippen MR) is 63.4 cm³/mol. The molecule has 0 aromatic carbocycles. The van der Waals surface area contributed by atoms with Gasteiger partial charge in [0.15, 0.2) is 0 Å². The summed E-state index contributed by atoms with van der Waals surface area (Å²) in [4.78, 5) is -0.670. The third-order valence-electron chi connectivity index (χ3n) is 3.34. The molecule has 26 heavy (non-hydrogen) atoms. The Hall–Kier alpha value is -1.21. The zero-order valence-electron chi connectivity index (χ0n) is 12.2. The summed E-state index contributed by atoms with van der Waals surface area (Å²) in [6, 6.07) is 0.160. The van der Waals surface area contributed by atoms with Crippen molar-refractivity contribution in [3.63, 3.8) is 0 Å². The monoisotopic (exact) mass is 430 g/mol. The van der Waals surface area contributed by atoms with E-state index >= 15 is 0 Å². The molecule has 0 unspecified atom stereocenters. The Balaban J connectivity index is 3.58. The van der Waals surface area contributed by atoms with E-state index in [2.05, 4.69) is 0 Å². The van der Waals surface area contributed by atoms with E-state index in [1.54, 1.807) is 0 Å². The molecule has 0 atom stereocenters. The van der Waals surface area contributed by atoms with Gasteiger partial charge in [0.25, 0.3) is 0 Å². The highest BCUT2D eigenvalue weighted by Gasteiger charge is 2.90. The number of halogens is 13. The standard InChI is InChI=1S/C12H7F13S/c1-2-6-5(3-4-26-6)7(13,14)8(15,16)9(17,18)10(19,20)11(21,22)12(23,24)25/h3-4H,2H2,1H3. The molecule has 1 heterocycles. The van der Waals surface area contributed by atoms with Crippen molar-refractivity contribution in [2.75, 3.05) is 0 Å². The molecule has 0 radical (unpaired) electrons. The molecule has 0 saturated heterocycles. The van der Waals surface area contributed by atoms with Crippen molar-refractivity contribution in [3.05, 3.63) is 21.9 Å². The van der Waals surface area contributed by atoms with Gasteiger partial charge in [0.05, 0.1) is 0 Å². The molecule has 1 aromatic rings. The zero-order chi connectivity index (χ0) is 21.0. The number of thiophene rings is 1. The second-order valence-corrected chi connectivity index (χ2v) is 5.98. The van der Waals surface area contributed by atoms with Crippen LogP contribution in [-0.4, -0.2) is 29.9 Å². The first kappa shape index (κ1) is 22.8. The van der Waals surface area contributed by atoms with Gasteiger partial charge < -0.3 is 0 Å². The van der Waals surface area contributed by atoms with Gasteiger partial charge in [-0.15, -0.1) is 11.3 Å². The molecule has 0 spiro atoms. The van der Waals surface area contributed by atoms with E-state index < -0.39 is 52.7 Å². The summed E-state index contributed by atoms with van der Waals surface area (Å²) < 4.78 is 169. The fourth-order valence-electron chi connectivity index (χ4n) is 1.83. The minimum atomic E-state index is -7.87. The van der Waals surface area contributed by atoms with Crippen LogP contribution in [0.1, 0.15) is 17.4 Å². The minimum absolute atomic E-state index is 0.160. The van der Waals surface area contributed by atoms with Crippen LogP contribution in [0.2, 0.25) is 0 Å². The lowest BCUT2D eigenvalue weighted by atomic mass is 9.90. The highest BCUT2D eigenvalue weighted by atomic mass is 32.1. The summed E-state index contributed by atoms with van der Waals surface area (Å²) in [5, 5.41) is 0.707. The van der Waals surface area contributed by atoms with Crippen LogP contribution in [0, 0.1) is 0 Å². The molecule has 152 valence electrons. The highest BCUT2D eigenvalue weighted by molar-refractivity contribution is 7.10. The Morgan fingerprint density at radius 1 is 0.692 bits per heavy atom. The third-order valence-corrected chi connectivity index (χ3v) is 4.40. The normalized spacial score (nSPS) is 15.5. The van der Waals surface area contributed by atoms with Crippen LogP contribution in [-0.2, 0) is 12.3 Å². The first-order valence-electron chi connectivity index (χ1n) is 6.33. The summed E-state index contributed by atoms with van der Waals surface area (Å²) in [5.74, 6) is -36.8. The van der Waals surface area contributed by atoms with E-state index in [9.17, 15) is 57.1 Å². The van der Waals surface area contributed by atoms with Crippen molar-refractivity contribution in [1.29, 1.82) is 0 Å². The minimum Gasteiger partial charge on any atom is -0.194 e. The topological polar surface area (TPSA) is 0 Å². The maximum atomic E-state index is 13.8. The summed E-state index contributed by atoms with van der Waals surface area (Å²) in [6.07, 6.45) is -7.85. The van der Waals surface area contributed by atoms with E-state index in [0.717, 1.165) is 6.92 Å². The van der Waals surface area contributed by atoms with Crippen LogP contribution in [0.25, 0.3) is 0 Å². The van der Waals surface area contributed by atoms with Gasteiger partial charge in [-0.05, 0) is 17.9 Å². The number of hydrogen-bond donors (Lipinski definition) is 0. The van der Waals surface area contributed by atoms with Crippen LogP contribution in [0.5, 0.6) is 0 Å². The molecule has 0 fully saturated rings. The molecule has 0 saturated carbocycles. The van der Waals surface area contributed by atoms with Crippen molar-refractivity contribution in [1.82, 2.24) is 0 Å². The smallest absolute Gasteiger partial charge is 0.194 e. The molecule has 0 bridgehead atoms. The van der Waals surface area contributed by atoms with Crippen LogP contribution in [0.15, 0.2) is 11.4 Å². The largest absolute Gasteiger partial charge is 0.460 e. The van der Waals surface area contributed by atoms with E-state index in [-0.39, 0.29) is 6.07 Å². The van der Waals surface area contributed by atoms with Gasteiger partial charge in [-0.3, -0.25) is 0 Å². The molecule has 0 N–H and O–H groups in total. The number of rotatable bonds is 6. The van der Waals surface area contributed by atoms with Crippen LogP contribution >= 0.6 is 11.3 Å². The number of hydrogen-bond acceptors (Lipinski definition) is 1. The first-order valence-corrected chi connectivity index (χ1v) is 7.21. The van der Waals surface area contributed by atoms with Crippen LogP contribution in [0.3, 0.4) is 0 Å². The molecule has 0 nitrogen and oxygen atoms in total. The Bertz CT molecular complexity index is 640. The maximum absolute atomic E-state index is 13.8. The van der Waals surface area contributed by atoms with E-state index in [0.29, 0.717) is 16.7 Å². The summed E-state index contributed by atoms with van der Waals surface area (Å²) >= 11 is 0.347. The Kier molecular flexibility index (Phi) is 5.41. The fourth-order valence-corrected chi connectivity index (χ4v) is 2.69. The maximum Gasteiger partial charge on any atom is 0.460 e. The van der Waals surface area contributed by atoms with Crippen molar-refractivity contribution in [2.45, 2.75) is 49.1 Å². The Labute approximate surface area is 140 Å². The van der Waals surface area contributed by atoms with Crippen molar-refractivity contribution in [2.24, 2.45) is 0 Å². The average molecular weight is 430 g/mol. The summed E-state index contributed by atoms with van der Waals surface area (Å²) in [6.45, 7) is 1.11. The molecule has 0 aliphatic heterocycles. The zero-order valence-corrected chi connectivity index (χ0v) is 13.0. The van der Waals surface area contributed by atoms with Crippen molar-refractivity contribution >= 4 is 11.3 Å². The van der Waals surface area contributed by atoms with Crippen LogP contribution in [0.4, 0.5) is 57.1 Å². The lowest BCUT2D eigenvalue weighted by Gasteiger charge is -2.39. The van der Waals surface area contributed by atoms with Crippen molar-refractivity contribution < 1.29 is 57.1 Å². The molecule has 1 aromatic heterocycles. The van der Waals surface area contributed by atoms with Gasteiger partial charge in [0.2, 0.25) is 0 Å². The molecule has 0 amide bonds. The SMILES string of the molecule is CCc1sccc1C(F)(F)C(F)(F)C(F)(F)C(F)(F)C(F)(F)C(F)(F)F. The second kappa shape index (κ2) is 6.16. The van der Waals surface area contributed by atoms with E-state index in [1.165, 1.54) is 0 Å². The lowest BCUT2D eigenvalue weighted by molar-refractivity contribution is -0.441. The lowest BCUT2D eigenvalue weighted by Crippen LogP contribution is -2.69. The Morgan fingerprint density at radius 3 is 1.50 bits per heavy atom. The molecule has 0 aliphatic rings. The van der Waals surface area contributed by atoms with Gasteiger partial charge in [-0.25, -0.2) is 0 Å². The number of alkyl halides is 13. The fraction of sp³-hybridized carbons (Fsp3) is 0.667.